The van der Waals surface area contributed by atoms with Gasteiger partial charge in [0, 0.05) is 12.7 Å². The third-order valence-corrected chi connectivity index (χ3v) is 3.82. The molecule has 106 valence electrons. The minimum atomic E-state index is -1.02. The number of nitrogens with zero attached hydrogens (tertiary/aromatic N) is 2. The van der Waals surface area contributed by atoms with Gasteiger partial charge in [0.2, 0.25) is 0 Å². The Bertz CT molecular complexity index is 739. The molecule has 0 unspecified atom stereocenters. The van der Waals surface area contributed by atoms with E-state index in [1.165, 1.54) is 24.3 Å². The lowest BCUT2D eigenvalue weighted by atomic mass is 10.1. The fraction of sp³-hybridized carbons (Fsp3) is 0.0667. The molecule has 0 bridgehead atoms. The van der Waals surface area contributed by atoms with E-state index in [1.807, 2.05) is 6.07 Å². The second-order valence-electron chi connectivity index (χ2n) is 4.28. The van der Waals surface area contributed by atoms with Gasteiger partial charge >= 0.3 is 5.97 Å². The number of carboxylic acid groups (broad SMARTS) is 1. The Kier molecular flexibility index (Phi) is 4.24. The van der Waals surface area contributed by atoms with Crippen LogP contribution in [0.25, 0.3) is 0 Å². The molecule has 0 fully saturated rings. The molecule has 0 saturated carbocycles. The molecule has 0 aliphatic carbocycles. The smallest absolute Gasteiger partial charge is 0.335 e. The predicted molar refractivity (Wildman–Crippen MR) is 80.3 cm³/mol. The summed E-state index contributed by atoms with van der Waals surface area (Å²) < 4.78 is 14.4. The van der Waals surface area contributed by atoms with E-state index in [-0.39, 0.29) is 21.3 Å². The number of hydrogen-bond donors (Lipinski definition) is 1. The second kappa shape index (κ2) is 5.94. The molecule has 0 atom stereocenters. The Morgan fingerprint density at radius 2 is 1.90 bits per heavy atom. The van der Waals surface area contributed by atoms with Gasteiger partial charge in [-0.15, -0.1) is 0 Å². The van der Waals surface area contributed by atoms with Crippen molar-refractivity contribution in [1.29, 1.82) is 5.26 Å². The molecule has 0 spiro atoms. The topological polar surface area (TPSA) is 64.3 Å². The Morgan fingerprint density at radius 3 is 2.43 bits per heavy atom. The number of carboxylic acids is 1. The molecule has 2 aromatic carbocycles. The number of aromatic carboxylic acids is 1. The van der Waals surface area contributed by atoms with E-state index in [0.29, 0.717) is 5.69 Å². The Morgan fingerprint density at radius 1 is 1.29 bits per heavy atom. The lowest BCUT2D eigenvalue weighted by Crippen LogP contribution is -2.12. The first kappa shape index (κ1) is 15.0. The van der Waals surface area contributed by atoms with Crippen molar-refractivity contribution in [3.8, 4) is 6.07 Å². The zero-order valence-corrected chi connectivity index (χ0v) is 12.6. The van der Waals surface area contributed by atoms with Crippen LogP contribution in [0, 0.1) is 17.1 Å². The zero-order chi connectivity index (χ0) is 15.6. The van der Waals surface area contributed by atoms with Gasteiger partial charge in [0.25, 0.3) is 0 Å². The largest absolute Gasteiger partial charge is 0.478 e. The molecule has 2 aromatic rings. The van der Waals surface area contributed by atoms with Crippen molar-refractivity contribution in [2.45, 2.75) is 0 Å². The molecule has 4 nitrogen and oxygen atoms in total. The van der Waals surface area contributed by atoms with Crippen LogP contribution >= 0.6 is 15.9 Å². The average Bonchev–Trinajstić information content (AvgIpc) is 2.49. The average molecular weight is 349 g/mol. The van der Waals surface area contributed by atoms with Gasteiger partial charge in [0.1, 0.15) is 6.07 Å². The first-order valence-electron chi connectivity index (χ1n) is 5.91. The standard InChI is InChI=1S/C15H10BrFN2O2/c1-19(11-5-2-9(3-6-11)15(20)21)12-7-4-10(8-18)13(16)14(12)17/h2-7H,1H3,(H,20,21). The van der Waals surface area contributed by atoms with Crippen LogP contribution in [0.4, 0.5) is 15.8 Å². The molecule has 6 heteroatoms. The quantitative estimate of drug-likeness (QED) is 0.912. The molecule has 0 saturated heterocycles. The normalized spacial score (nSPS) is 10.0. The number of hydrogen-bond acceptors (Lipinski definition) is 3. The number of rotatable bonds is 3. The van der Waals surface area contributed by atoms with E-state index in [9.17, 15) is 9.18 Å². The highest BCUT2D eigenvalue weighted by Gasteiger charge is 2.15. The van der Waals surface area contributed by atoms with Gasteiger partial charge in [0.05, 0.1) is 21.3 Å². The molecule has 0 amide bonds. The van der Waals surface area contributed by atoms with Crippen molar-refractivity contribution in [3.05, 3.63) is 57.8 Å². The SMILES string of the molecule is CN(c1ccc(C(=O)O)cc1)c1ccc(C#N)c(Br)c1F. The van der Waals surface area contributed by atoms with E-state index in [4.69, 9.17) is 10.4 Å². The molecule has 0 aliphatic heterocycles. The van der Waals surface area contributed by atoms with E-state index < -0.39 is 11.8 Å². The Balaban J connectivity index is 2.40. The molecular weight excluding hydrogens is 339 g/mol. The molecule has 1 N–H and O–H groups in total. The van der Waals surface area contributed by atoms with Crippen LogP contribution in [0.15, 0.2) is 40.9 Å². The van der Waals surface area contributed by atoms with Crippen molar-refractivity contribution in [3.63, 3.8) is 0 Å². The molecular formula is C15H10BrFN2O2. The summed E-state index contributed by atoms with van der Waals surface area (Å²) in [5.74, 6) is -1.56. The van der Waals surface area contributed by atoms with E-state index in [1.54, 1.807) is 24.1 Å². The molecule has 0 aromatic heterocycles. The Hall–Kier alpha value is -2.39. The molecule has 2 rings (SSSR count). The summed E-state index contributed by atoms with van der Waals surface area (Å²) >= 11 is 3.06. The minimum Gasteiger partial charge on any atom is -0.478 e. The summed E-state index contributed by atoms with van der Waals surface area (Å²) in [5.41, 5.74) is 1.29. The van der Waals surface area contributed by atoms with Crippen molar-refractivity contribution in [2.75, 3.05) is 11.9 Å². The van der Waals surface area contributed by atoms with Gasteiger partial charge in [-0.05, 0) is 52.3 Å². The fourth-order valence-electron chi connectivity index (χ4n) is 1.85. The number of nitriles is 1. The lowest BCUT2D eigenvalue weighted by molar-refractivity contribution is 0.0697. The van der Waals surface area contributed by atoms with Gasteiger partial charge in [-0.3, -0.25) is 0 Å². The summed E-state index contributed by atoms with van der Waals surface area (Å²) in [7, 11) is 1.66. The van der Waals surface area contributed by atoms with E-state index in [0.717, 1.165) is 0 Å². The molecule has 0 radical (unpaired) electrons. The van der Waals surface area contributed by atoms with Crippen molar-refractivity contribution in [1.82, 2.24) is 0 Å². The highest BCUT2D eigenvalue weighted by atomic mass is 79.9. The van der Waals surface area contributed by atoms with Gasteiger partial charge in [0.15, 0.2) is 5.82 Å². The summed E-state index contributed by atoms with van der Waals surface area (Å²) in [6.45, 7) is 0. The van der Waals surface area contributed by atoms with Gasteiger partial charge in [-0.1, -0.05) is 0 Å². The van der Waals surface area contributed by atoms with Gasteiger partial charge in [-0.2, -0.15) is 5.26 Å². The molecule has 0 heterocycles. The third kappa shape index (κ3) is 2.88. The maximum Gasteiger partial charge on any atom is 0.335 e. The Labute approximate surface area is 129 Å². The second-order valence-corrected chi connectivity index (χ2v) is 5.08. The van der Waals surface area contributed by atoms with Gasteiger partial charge in [-0.25, -0.2) is 9.18 Å². The first-order valence-corrected chi connectivity index (χ1v) is 6.70. The summed E-state index contributed by atoms with van der Waals surface area (Å²) in [5, 5.41) is 17.7. The van der Waals surface area contributed by atoms with E-state index >= 15 is 0 Å². The van der Waals surface area contributed by atoms with E-state index in [2.05, 4.69) is 15.9 Å². The van der Waals surface area contributed by atoms with Crippen LogP contribution in [0.5, 0.6) is 0 Å². The summed E-state index contributed by atoms with van der Waals surface area (Å²) in [6, 6.07) is 11.0. The number of anilines is 2. The van der Waals surface area contributed by atoms with Crippen LogP contribution < -0.4 is 4.90 Å². The van der Waals surface area contributed by atoms with Crippen LogP contribution in [-0.2, 0) is 0 Å². The van der Waals surface area contributed by atoms with Crippen LogP contribution in [0.2, 0.25) is 0 Å². The van der Waals surface area contributed by atoms with Gasteiger partial charge < -0.3 is 10.0 Å². The monoisotopic (exact) mass is 348 g/mol. The fourth-order valence-corrected chi connectivity index (χ4v) is 2.28. The van der Waals surface area contributed by atoms with Crippen LogP contribution in [-0.4, -0.2) is 18.1 Å². The van der Waals surface area contributed by atoms with Crippen molar-refractivity contribution >= 4 is 33.3 Å². The van der Waals surface area contributed by atoms with Crippen LogP contribution in [0.3, 0.4) is 0 Å². The highest BCUT2D eigenvalue weighted by molar-refractivity contribution is 9.10. The van der Waals surface area contributed by atoms with Crippen LogP contribution in [0.1, 0.15) is 15.9 Å². The highest BCUT2D eigenvalue weighted by Crippen LogP contribution is 2.32. The zero-order valence-electron chi connectivity index (χ0n) is 11.0. The van der Waals surface area contributed by atoms with Crippen molar-refractivity contribution in [2.24, 2.45) is 0 Å². The number of halogens is 2. The number of benzene rings is 2. The number of carbonyl (C=O) groups is 1. The third-order valence-electron chi connectivity index (χ3n) is 3.05. The summed E-state index contributed by atoms with van der Waals surface area (Å²) in [4.78, 5) is 12.4. The molecule has 21 heavy (non-hydrogen) atoms. The van der Waals surface area contributed by atoms with Crippen molar-refractivity contribution < 1.29 is 14.3 Å². The maximum absolute atomic E-state index is 14.3. The summed E-state index contributed by atoms with van der Waals surface area (Å²) in [6.07, 6.45) is 0. The first-order chi connectivity index (χ1) is 9.95. The predicted octanol–water partition coefficient (Wildman–Crippen LogP) is 3.93. The molecule has 0 aliphatic rings. The maximum atomic E-state index is 14.3. The minimum absolute atomic E-state index is 0.108. The lowest BCUT2D eigenvalue weighted by Gasteiger charge is -2.21.